The molecule has 0 radical (unpaired) electrons. The second kappa shape index (κ2) is 8.21. The average Bonchev–Trinajstić information content (AvgIpc) is 2.55. The highest BCUT2D eigenvalue weighted by molar-refractivity contribution is 6.31. The molecule has 2 aromatic rings. The Morgan fingerprint density at radius 2 is 2.13 bits per heavy atom. The van der Waals surface area contributed by atoms with Crippen LogP contribution in [0.5, 0.6) is 5.75 Å². The number of hydrogen-bond donors (Lipinski definition) is 1. The summed E-state index contributed by atoms with van der Waals surface area (Å²) in [5.74, 6) is 0.644. The lowest BCUT2D eigenvalue weighted by molar-refractivity contribution is -0.116. The number of nitrogens with zero attached hydrogens (tertiary/aromatic N) is 1. The van der Waals surface area contributed by atoms with Crippen LogP contribution in [0.15, 0.2) is 42.5 Å². The molecule has 2 aromatic carbocycles. The van der Waals surface area contributed by atoms with Crippen molar-refractivity contribution in [2.24, 2.45) is 0 Å². The maximum absolute atomic E-state index is 11.9. The summed E-state index contributed by atoms with van der Waals surface area (Å²) in [5, 5.41) is 12.3. The zero-order chi connectivity index (χ0) is 16.7. The topological polar surface area (TPSA) is 62.1 Å². The Bertz CT molecular complexity index is 738. The van der Waals surface area contributed by atoms with E-state index in [0.29, 0.717) is 35.7 Å². The van der Waals surface area contributed by atoms with Gasteiger partial charge in [0.25, 0.3) is 0 Å². The van der Waals surface area contributed by atoms with E-state index in [4.69, 9.17) is 21.6 Å². The predicted octanol–water partition coefficient (Wildman–Crippen LogP) is 4.32. The first kappa shape index (κ1) is 16.9. The standard InChI is InChI=1S/C18H17ClN2O2/c1-13-10-16(7-8-17(13)19)23-9-3-6-18(22)21-15-5-2-4-14(11-15)12-20/h2,4-5,7-8,10-11H,3,6,9H2,1H3,(H,21,22). The van der Waals surface area contributed by atoms with Crippen LogP contribution >= 0.6 is 11.6 Å². The van der Waals surface area contributed by atoms with Crippen molar-refractivity contribution in [3.05, 3.63) is 58.6 Å². The minimum absolute atomic E-state index is 0.101. The number of benzene rings is 2. The van der Waals surface area contributed by atoms with Crippen molar-refractivity contribution in [2.75, 3.05) is 11.9 Å². The Morgan fingerprint density at radius 1 is 1.30 bits per heavy atom. The van der Waals surface area contributed by atoms with E-state index in [1.54, 1.807) is 30.3 Å². The molecule has 0 saturated heterocycles. The minimum atomic E-state index is -0.101. The number of nitriles is 1. The zero-order valence-corrected chi connectivity index (χ0v) is 13.6. The number of aryl methyl sites for hydroxylation is 1. The molecule has 0 spiro atoms. The van der Waals surface area contributed by atoms with Crippen LogP contribution in [0.4, 0.5) is 5.69 Å². The number of carbonyl (C=O) groups is 1. The number of anilines is 1. The Hall–Kier alpha value is -2.51. The summed E-state index contributed by atoms with van der Waals surface area (Å²) in [6.07, 6.45) is 0.953. The summed E-state index contributed by atoms with van der Waals surface area (Å²) in [7, 11) is 0. The maximum Gasteiger partial charge on any atom is 0.224 e. The van der Waals surface area contributed by atoms with Crippen LogP contribution in [0.2, 0.25) is 5.02 Å². The Kier molecular flexibility index (Phi) is 6.02. The largest absolute Gasteiger partial charge is 0.494 e. The molecule has 23 heavy (non-hydrogen) atoms. The van der Waals surface area contributed by atoms with Gasteiger partial charge in [0, 0.05) is 17.1 Å². The molecule has 2 rings (SSSR count). The molecule has 0 atom stereocenters. The van der Waals surface area contributed by atoms with Gasteiger partial charge in [-0.1, -0.05) is 17.7 Å². The molecule has 118 valence electrons. The van der Waals surface area contributed by atoms with Gasteiger partial charge < -0.3 is 10.1 Å². The number of amides is 1. The zero-order valence-electron chi connectivity index (χ0n) is 12.8. The number of ether oxygens (including phenoxy) is 1. The molecule has 0 fully saturated rings. The molecular weight excluding hydrogens is 312 g/mol. The summed E-state index contributed by atoms with van der Waals surface area (Å²) in [6.45, 7) is 2.37. The van der Waals surface area contributed by atoms with E-state index in [0.717, 1.165) is 11.3 Å². The summed E-state index contributed by atoms with van der Waals surface area (Å²) in [4.78, 5) is 11.9. The van der Waals surface area contributed by atoms with Gasteiger partial charge in [0.2, 0.25) is 5.91 Å². The van der Waals surface area contributed by atoms with Crippen LogP contribution in [-0.4, -0.2) is 12.5 Å². The number of hydrogen-bond acceptors (Lipinski definition) is 3. The van der Waals surface area contributed by atoms with E-state index < -0.39 is 0 Å². The van der Waals surface area contributed by atoms with Crippen LogP contribution in [-0.2, 0) is 4.79 Å². The van der Waals surface area contributed by atoms with Crippen molar-refractivity contribution in [2.45, 2.75) is 19.8 Å². The Labute approximate surface area is 140 Å². The molecule has 0 saturated carbocycles. The van der Waals surface area contributed by atoms with E-state index in [1.165, 1.54) is 0 Å². The molecule has 0 aliphatic carbocycles. The normalized spacial score (nSPS) is 9.96. The lowest BCUT2D eigenvalue weighted by Crippen LogP contribution is -2.12. The molecule has 0 aliphatic rings. The first-order valence-corrected chi connectivity index (χ1v) is 7.65. The van der Waals surface area contributed by atoms with Crippen LogP contribution < -0.4 is 10.1 Å². The van der Waals surface area contributed by atoms with Gasteiger partial charge in [-0.3, -0.25) is 4.79 Å². The number of nitrogens with one attached hydrogen (secondary N) is 1. The van der Waals surface area contributed by atoms with Gasteiger partial charge in [-0.15, -0.1) is 0 Å². The van der Waals surface area contributed by atoms with Crippen molar-refractivity contribution in [3.8, 4) is 11.8 Å². The molecule has 1 N–H and O–H groups in total. The van der Waals surface area contributed by atoms with Crippen molar-refractivity contribution in [3.63, 3.8) is 0 Å². The van der Waals surface area contributed by atoms with Gasteiger partial charge >= 0.3 is 0 Å². The first-order chi connectivity index (χ1) is 11.1. The third kappa shape index (κ3) is 5.32. The highest BCUT2D eigenvalue weighted by Gasteiger charge is 2.04. The summed E-state index contributed by atoms with van der Waals surface area (Å²) in [5.41, 5.74) is 2.10. The third-order valence-corrected chi connectivity index (χ3v) is 3.65. The fraction of sp³-hybridized carbons (Fsp3) is 0.222. The van der Waals surface area contributed by atoms with Gasteiger partial charge in [-0.2, -0.15) is 5.26 Å². The van der Waals surface area contributed by atoms with Crippen molar-refractivity contribution < 1.29 is 9.53 Å². The quantitative estimate of drug-likeness (QED) is 0.803. The molecule has 0 aromatic heterocycles. The summed E-state index contributed by atoms with van der Waals surface area (Å²) < 4.78 is 5.60. The third-order valence-electron chi connectivity index (χ3n) is 3.22. The molecule has 4 nitrogen and oxygen atoms in total. The second-order valence-electron chi connectivity index (χ2n) is 5.10. The number of halogens is 1. The average molecular weight is 329 g/mol. The van der Waals surface area contributed by atoms with E-state index >= 15 is 0 Å². The molecule has 0 heterocycles. The minimum Gasteiger partial charge on any atom is -0.494 e. The summed E-state index contributed by atoms with van der Waals surface area (Å²) in [6, 6.07) is 14.3. The summed E-state index contributed by atoms with van der Waals surface area (Å²) >= 11 is 5.95. The molecule has 0 unspecified atom stereocenters. The lowest BCUT2D eigenvalue weighted by Gasteiger charge is -2.08. The molecule has 0 aliphatic heterocycles. The monoisotopic (exact) mass is 328 g/mol. The molecular formula is C18H17ClN2O2. The predicted molar refractivity (Wildman–Crippen MR) is 90.7 cm³/mol. The smallest absolute Gasteiger partial charge is 0.224 e. The van der Waals surface area contributed by atoms with Crippen LogP contribution in [0.25, 0.3) is 0 Å². The fourth-order valence-corrected chi connectivity index (χ4v) is 2.14. The van der Waals surface area contributed by atoms with E-state index in [-0.39, 0.29) is 5.91 Å². The Balaban J connectivity index is 1.74. The first-order valence-electron chi connectivity index (χ1n) is 7.27. The van der Waals surface area contributed by atoms with Crippen LogP contribution in [0, 0.1) is 18.3 Å². The van der Waals surface area contributed by atoms with Crippen LogP contribution in [0.1, 0.15) is 24.0 Å². The van der Waals surface area contributed by atoms with Crippen molar-refractivity contribution in [1.82, 2.24) is 0 Å². The SMILES string of the molecule is Cc1cc(OCCCC(=O)Nc2cccc(C#N)c2)ccc1Cl. The second-order valence-corrected chi connectivity index (χ2v) is 5.51. The van der Waals surface area contributed by atoms with E-state index in [2.05, 4.69) is 5.32 Å². The van der Waals surface area contributed by atoms with E-state index in [9.17, 15) is 4.79 Å². The lowest BCUT2D eigenvalue weighted by atomic mass is 10.2. The Morgan fingerprint density at radius 3 is 2.87 bits per heavy atom. The van der Waals surface area contributed by atoms with Gasteiger partial charge in [0.15, 0.2) is 0 Å². The highest BCUT2D eigenvalue weighted by atomic mass is 35.5. The maximum atomic E-state index is 11.9. The number of rotatable bonds is 6. The van der Waals surface area contributed by atoms with Crippen LogP contribution in [0.3, 0.4) is 0 Å². The van der Waals surface area contributed by atoms with Gasteiger partial charge in [-0.05, 0) is 55.3 Å². The fourth-order valence-electron chi connectivity index (χ4n) is 2.02. The number of carbonyl (C=O) groups excluding carboxylic acids is 1. The highest BCUT2D eigenvalue weighted by Crippen LogP contribution is 2.21. The molecule has 0 bridgehead atoms. The molecule has 1 amide bonds. The van der Waals surface area contributed by atoms with Crippen molar-refractivity contribution in [1.29, 1.82) is 5.26 Å². The van der Waals surface area contributed by atoms with E-state index in [1.807, 2.05) is 25.1 Å². The van der Waals surface area contributed by atoms with Crippen molar-refractivity contribution >= 4 is 23.2 Å². The van der Waals surface area contributed by atoms with Gasteiger partial charge in [0.05, 0.1) is 18.2 Å². The van der Waals surface area contributed by atoms with Gasteiger partial charge in [-0.25, -0.2) is 0 Å². The van der Waals surface area contributed by atoms with Gasteiger partial charge in [0.1, 0.15) is 5.75 Å². The molecule has 5 heteroatoms.